The van der Waals surface area contributed by atoms with Gasteiger partial charge in [0, 0.05) is 35.6 Å². The second-order valence-electron chi connectivity index (χ2n) is 6.81. The van der Waals surface area contributed by atoms with E-state index < -0.39 is 17.6 Å². The lowest BCUT2D eigenvalue weighted by atomic mass is 10.0. The molecule has 0 aliphatic carbocycles. The number of aromatic nitrogens is 1. The van der Waals surface area contributed by atoms with Crippen LogP contribution in [0.4, 0.5) is 20.3 Å². The van der Waals surface area contributed by atoms with E-state index in [0.717, 1.165) is 42.4 Å². The predicted octanol–water partition coefficient (Wildman–Crippen LogP) is 3.45. The van der Waals surface area contributed by atoms with Gasteiger partial charge >= 0.3 is 5.97 Å². The van der Waals surface area contributed by atoms with E-state index in [-0.39, 0.29) is 22.2 Å². The molecule has 0 bridgehead atoms. The van der Waals surface area contributed by atoms with Crippen molar-refractivity contribution in [3.63, 3.8) is 0 Å². The van der Waals surface area contributed by atoms with Crippen LogP contribution in [0.15, 0.2) is 24.3 Å². The lowest BCUT2D eigenvalue weighted by Crippen LogP contribution is -2.40. The van der Waals surface area contributed by atoms with E-state index in [0.29, 0.717) is 34.7 Å². The SMILES string of the molecule is Nc1c(C(=O)O)sc2nc(N3CCC(N)CC3)cc(-c3cc(F)ccc3F)c12. The van der Waals surface area contributed by atoms with Crippen molar-refractivity contribution in [1.82, 2.24) is 4.98 Å². The number of piperidine rings is 1. The van der Waals surface area contributed by atoms with Gasteiger partial charge in [0.15, 0.2) is 0 Å². The first-order valence-electron chi connectivity index (χ1n) is 8.77. The fraction of sp³-hybridized carbons (Fsp3) is 0.263. The minimum atomic E-state index is -1.18. The van der Waals surface area contributed by atoms with Crippen LogP contribution in [0.5, 0.6) is 0 Å². The summed E-state index contributed by atoms with van der Waals surface area (Å²) in [5, 5.41) is 9.74. The first-order chi connectivity index (χ1) is 13.3. The van der Waals surface area contributed by atoms with Gasteiger partial charge in [-0.15, -0.1) is 11.3 Å². The number of aromatic carboxylic acids is 1. The summed E-state index contributed by atoms with van der Waals surface area (Å²) >= 11 is 0.926. The molecule has 1 aliphatic rings. The number of nitrogens with two attached hydrogens (primary N) is 2. The molecule has 0 spiro atoms. The number of nitrogens with zero attached hydrogens (tertiary/aromatic N) is 2. The number of pyridine rings is 1. The molecular formula is C19H18F2N4O2S. The number of thiophene rings is 1. The Hall–Kier alpha value is -2.78. The first-order valence-corrected chi connectivity index (χ1v) is 9.59. The van der Waals surface area contributed by atoms with Gasteiger partial charge < -0.3 is 21.5 Å². The van der Waals surface area contributed by atoms with Gasteiger partial charge in [0.05, 0.1) is 5.69 Å². The average molecular weight is 404 g/mol. The predicted molar refractivity (Wildman–Crippen MR) is 106 cm³/mol. The largest absolute Gasteiger partial charge is 0.477 e. The molecule has 28 heavy (non-hydrogen) atoms. The Morgan fingerprint density at radius 1 is 1.21 bits per heavy atom. The molecule has 0 radical (unpaired) electrons. The van der Waals surface area contributed by atoms with E-state index in [2.05, 4.69) is 4.98 Å². The number of fused-ring (bicyclic) bond motifs is 1. The van der Waals surface area contributed by atoms with Crippen molar-refractivity contribution in [1.29, 1.82) is 0 Å². The van der Waals surface area contributed by atoms with Gasteiger partial charge in [-0.3, -0.25) is 0 Å². The Balaban J connectivity index is 1.97. The van der Waals surface area contributed by atoms with Crippen molar-refractivity contribution in [2.45, 2.75) is 18.9 Å². The summed E-state index contributed by atoms with van der Waals surface area (Å²) in [5.41, 5.74) is 12.4. The van der Waals surface area contributed by atoms with Crippen LogP contribution < -0.4 is 16.4 Å². The maximum absolute atomic E-state index is 14.5. The van der Waals surface area contributed by atoms with Crippen molar-refractivity contribution < 1.29 is 18.7 Å². The number of carboxylic acids is 1. The summed E-state index contributed by atoms with van der Waals surface area (Å²) in [6.07, 6.45) is 1.58. The van der Waals surface area contributed by atoms with Crippen LogP contribution >= 0.6 is 11.3 Å². The molecule has 0 unspecified atom stereocenters. The van der Waals surface area contributed by atoms with Crippen LogP contribution in [0.1, 0.15) is 22.5 Å². The van der Waals surface area contributed by atoms with Crippen LogP contribution in [0.3, 0.4) is 0 Å². The van der Waals surface area contributed by atoms with Crippen LogP contribution in [-0.2, 0) is 0 Å². The maximum atomic E-state index is 14.5. The fourth-order valence-electron chi connectivity index (χ4n) is 3.47. The van der Waals surface area contributed by atoms with E-state index >= 15 is 0 Å². The summed E-state index contributed by atoms with van der Waals surface area (Å²) in [6.45, 7) is 1.36. The van der Waals surface area contributed by atoms with Crippen molar-refractivity contribution in [3.05, 3.63) is 40.8 Å². The highest BCUT2D eigenvalue weighted by Crippen LogP contribution is 2.42. The number of hydrogen-bond acceptors (Lipinski definition) is 6. The molecule has 4 rings (SSSR count). The minimum Gasteiger partial charge on any atom is -0.477 e. The standard InChI is InChI=1S/C19H18F2N4O2S/c20-9-1-2-13(21)11(7-9)12-8-14(25-5-3-10(22)4-6-25)24-18-15(12)16(23)17(28-18)19(26)27/h1-2,7-8,10H,3-6,22-23H2,(H,26,27). The molecule has 9 heteroatoms. The third kappa shape index (κ3) is 3.16. The zero-order valence-corrected chi connectivity index (χ0v) is 15.6. The van der Waals surface area contributed by atoms with Gasteiger partial charge in [0.2, 0.25) is 0 Å². The van der Waals surface area contributed by atoms with E-state index in [4.69, 9.17) is 11.5 Å². The number of halogens is 2. The number of hydrogen-bond donors (Lipinski definition) is 3. The van der Waals surface area contributed by atoms with Gasteiger partial charge in [-0.05, 0) is 37.1 Å². The molecule has 2 aromatic heterocycles. The molecule has 1 aliphatic heterocycles. The highest BCUT2D eigenvalue weighted by Gasteiger charge is 2.25. The fourth-order valence-corrected chi connectivity index (χ4v) is 4.43. The molecule has 3 heterocycles. The van der Waals surface area contributed by atoms with Gasteiger partial charge in [0.1, 0.15) is 27.2 Å². The molecule has 6 nitrogen and oxygen atoms in total. The summed E-state index contributed by atoms with van der Waals surface area (Å²) < 4.78 is 28.4. The molecule has 1 fully saturated rings. The Kier molecular flexibility index (Phi) is 4.64. The zero-order valence-electron chi connectivity index (χ0n) is 14.8. The molecule has 0 saturated carbocycles. The molecule has 0 amide bonds. The smallest absolute Gasteiger partial charge is 0.348 e. The summed E-state index contributed by atoms with van der Waals surface area (Å²) in [6, 6.07) is 4.92. The zero-order chi connectivity index (χ0) is 20.0. The van der Waals surface area contributed by atoms with Gasteiger partial charge in [-0.1, -0.05) is 0 Å². The van der Waals surface area contributed by atoms with Crippen LogP contribution in [-0.4, -0.2) is 35.2 Å². The number of carbonyl (C=O) groups is 1. The molecular weight excluding hydrogens is 386 g/mol. The molecule has 1 saturated heterocycles. The van der Waals surface area contributed by atoms with Gasteiger partial charge in [-0.2, -0.15) is 0 Å². The van der Waals surface area contributed by atoms with E-state index in [1.807, 2.05) is 4.90 Å². The number of benzene rings is 1. The average Bonchev–Trinajstić information content (AvgIpc) is 3.01. The summed E-state index contributed by atoms with van der Waals surface area (Å²) in [5.74, 6) is -1.84. The Bertz CT molecular complexity index is 1080. The Morgan fingerprint density at radius 3 is 2.61 bits per heavy atom. The van der Waals surface area contributed by atoms with Crippen molar-refractivity contribution in [2.24, 2.45) is 5.73 Å². The second kappa shape index (κ2) is 6.99. The van der Waals surface area contributed by atoms with E-state index in [9.17, 15) is 18.7 Å². The number of nitrogen functional groups attached to an aromatic ring is 1. The van der Waals surface area contributed by atoms with E-state index in [1.165, 1.54) is 0 Å². The monoisotopic (exact) mass is 404 g/mol. The Morgan fingerprint density at radius 2 is 1.93 bits per heavy atom. The second-order valence-corrected chi connectivity index (χ2v) is 7.81. The minimum absolute atomic E-state index is 0.00544. The molecule has 5 N–H and O–H groups in total. The van der Waals surface area contributed by atoms with Crippen molar-refractivity contribution in [2.75, 3.05) is 23.7 Å². The molecule has 3 aromatic rings. The molecule has 0 atom stereocenters. The lowest BCUT2D eigenvalue weighted by molar-refractivity contribution is 0.0703. The normalized spacial score (nSPS) is 15.3. The van der Waals surface area contributed by atoms with Crippen molar-refractivity contribution >= 4 is 39.0 Å². The van der Waals surface area contributed by atoms with Crippen LogP contribution in [0.25, 0.3) is 21.3 Å². The lowest BCUT2D eigenvalue weighted by Gasteiger charge is -2.31. The van der Waals surface area contributed by atoms with Gasteiger partial charge in [0.25, 0.3) is 0 Å². The van der Waals surface area contributed by atoms with Crippen molar-refractivity contribution in [3.8, 4) is 11.1 Å². The summed E-state index contributed by atoms with van der Waals surface area (Å²) in [7, 11) is 0. The number of rotatable bonds is 3. The quantitative estimate of drug-likeness (QED) is 0.618. The summed E-state index contributed by atoms with van der Waals surface area (Å²) in [4.78, 5) is 18.4. The first kappa shape index (κ1) is 18.6. The third-order valence-corrected chi connectivity index (χ3v) is 6.05. The molecule has 146 valence electrons. The maximum Gasteiger partial charge on any atom is 0.348 e. The Labute approximate surface area is 163 Å². The highest BCUT2D eigenvalue weighted by atomic mass is 32.1. The third-order valence-electron chi connectivity index (χ3n) is 4.96. The highest BCUT2D eigenvalue weighted by molar-refractivity contribution is 7.21. The number of anilines is 2. The topological polar surface area (TPSA) is 105 Å². The van der Waals surface area contributed by atoms with E-state index in [1.54, 1.807) is 6.07 Å². The van der Waals surface area contributed by atoms with Crippen LogP contribution in [0.2, 0.25) is 0 Å². The van der Waals surface area contributed by atoms with Crippen LogP contribution in [0, 0.1) is 11.6 Å². The number of carboxylic acid groups (broad SMARTS) is 1. The van der Waals surface area contributed by atoms with Gasteiger partial charge in [-0.25, -0.2) is 18.6 Å². The molecule has 1 aromatic carbocycles.